The quantitative estimate of drug-likeness (QED) is 0.922. The number of rotatable bonds is 4. The summed E-state index contributed by atoms with van der Waals surface area (Å²) in [5, 5.41) is 3.84. The van der Waals surface area contributed by atoms with Gasteiger partial charge in [-0.05, 0) is 11.4 Å². The topological polar surface area (TPSA) is 41.6 Å². The van der Waals surface area contributed by atoms with Gasteiger partial charge in [-0.2, -0.15) is 13.2 Å². The number of hydrogen-bond acceptors (Lipinski definition) is 4. The fourth-order valence-corrected chi connectivity index (χ4v) is 2.93. The van der Waals surface area contributed by atoms with E-state index in [4.69, 9.17) is 4.74 Å². The van der Waals surface area contributed by atoms with Crippen LogP contribution in [0.5, 0.6) is 0 Å². The van der Waals surface area contributed by atoms with Crippen LogP contribution in [0.3, 0.4) is 0 Å². The molecule has 1 aliphatic heterocycles. The summed E-state index contributed by atoms with van der Waals surface area (Å²) in [5.41, 5.74) is 0. The van der Waals surface area contributed by atoms with Crippen molar-refractivity contribution in [3.05, 3.63) is 22.4 Å². The summed E-state index contributed by atoms with van der Waals surface area (Å²) >= 11 is 1.47. The minimum absolute atomic E-state index is 0.0567. The Bertz CT molecular complexity index is 430. The number of alkyl halides is 3. The number of nitrogens with zero attached hydrogens (tertiary/aromatic N) is 1. The zero-order valence-electron chi connectivity index (χ0n) is 10.7. The molecular formula is C12H15F3N2O2S. The average Bonchev–Trinajstić information content (AvgIpc) is 2.93. The van der Waals surface area contributed by atoms with Crippen LogP contribution in [0.1, 0.15) is 10.9 Å². The van der Waals surface area contributed by atoms with E-state index < -0.39 is 12.1 Å². The van der Waals surface area contributed by atoms with Crippen molar-refractivity contribution in [2.75, 3.05) is 32.8 Å². The Labute approximate surface area is 118 Å². The second-order valence-electron chi connectivity index (χ2n) is 4.39. The van der Waals surface area contributed by atoms with Crippen molar-refractivity contribution in [3.8, 4) is 0 Å². The van der Waals surface area contributed by atoms with Gasteiger partial charge in [-0.1, -0.05) is 6.07 Å². The van der Waals surface area contributed by atoms with E-state index >= 15 is 0 Å². The molecule has 1 saturated heterocycles. The van der Waals surface area contributed by atoms with Crippen LogP contribution in [-0.4, -0.2) is 49.8 Å². The molecule has 0 bridgehead atoms. The number of amides is 1. The SMILES string of the molecule is O=C(NCC(c1cccs1)N1CCOCC1)C(F)(F)F. The van der Waals surface area contributed by atoms with E-state index in [2.05, 4.69) is 0 Å². The predicted octanol–water partition coefficient (Wildman–Crippen LogP) is 1.80. The molecule has 1 fully saturated rings. The molecule has 0 spiro atoms. The molecule has 0 aliphatic carbocycles. The number of halogens is 3. The summed E-state index contributed by atoms with van der Waals surface area (Å²) in [6.45, 7) is 2.33. The van der Waals surface area contributed by atoms with Gasteiger partial charge in [0.1, 0.15) is 0 Å². The molecular weight excluding hydrogens is 293 g/mol. The molecule has 1 aromatic heterocycles. The van der Waals surface area contributed by atoms with E-state index in [1.807, 2.05) is 27.7 Å². The van der Waals surface area contributed by atoms with E-state index in [9.17, 15) is 18.0 Å². The van der Waals surface area contributed by atoms with Crippen molar-refractivity contribution in [1.82, 2.24) is 10.2 Å². The van der Waals surface area contributed by atoms with Gasteiger partial charge >= 0.3 is 12.1 Å². The van der Waals surface area contributed by atoms with Gasteiger partial charge in [-0.25, -0.2) is 0 Å². The van der Waals surface area contributed by atoms with Crippen molar-refractivity contribution in [3.63, 3.8) is 0 Å². The zero-order chi connectivity index (χ0) is 14.6. The summed E-state index contributed by atoms with van der Waals surface area (Å²) in [5.74, 6) is -1.90. The van der Waals surface area contributed by atoms with Crippen molar-refractivity contribution in [1.29, 1.82) is 0 Å². The highest BCUT2D eigenvalue weighted by Crippen LogP contribution is 2.26. The van der Waals surface area contributed by atoms with Gasteiger partial charge in [-0.15, -0.1) is 11.3 Å². The van der Waals surface area contributed by atoms with Gasteiger partial charge in [0, 0.05) is 24.5 Å². The second-order valence-corrected chi connectivity index (χ2v) is 5.37. The molecule has 1 atom stereocenters. The van der Waals surface area contributed by atoms with Crippen LogP contribution in [0.15, 0.2) is 17.5 Å². The van der Waals surface area contributed by atoms with Crippen molar-refractivity contribution in [2.45, 2.75) is 12.2 Å². The van der Waals surface area contributed by atoms with E-state index in [1.54, 1.807) is 0 Å². The number of carbonyl (C=O) groups excluding carboxylic acids is 1. The van der Waals surface area contributed by atoms with E-state index in [1.165, 1.54) is 11.3 Å². The highest BCUT2D eigenvalue weighted by atomic mass is 32.1. The number of ether oxygens (including phenoxy) is 1. The Hall–Kier alpha value is -1.12. The van der Waals surface area contributed by atoms with Crippen LogP contribution in [0.4, 0.5) is 13.2 Å². The Kier molecular flexibility index (Phi) is 5.00. The molecule has 8 heteroatoms. The summed E-state index contributed by atoms with van der Waals surface area (Å²) in [6.07, 6.45) is -4.84. The molecule has 1 unspecified atom stereocenters. The maximum Gasteiger partial charge on any atom is 0.471 e. The van der Waals surface area contributed by atoms with Crippen LogP contribution in [0, 0.1) is 0 Å². The fraction of sp³-hybridized carbons (Fsp3) is 0.583. The summed E-state index contributed by atoms with van der Waals surface area (Å²) in [4.78, 5) is 13.9. The predicted molar refractivity (Wildman–Crippen MR) is 68.5 cm³/mol. The minimum Gasteiger partial charge on any atom is -0.379 e. The minimum atomic E-state index is -4.84. The number of thiophene rings is 1. The van der Waals surface area contributed by atoms with Gasteiger partial charge in [0.2, 0.25) is 0 Å². The Morgan fingerprint density at radius 3 is 2.70 bits per heavy atom. The smallest absolute Gasteiger partial charge is 0.379 e. The fourth-order valence-electron chi connectivity index (χ4n) is 2.07. The van der Waals surface area contributed by atoms with Crippen molar-refractivity contribution >= 4 is 17.2 Å². The first-order valence-electron chi connectivity index (χ1n) is 6.18. The Morgan fingerprint density at radius 1 is 1.45 bits per heavy atom. The highest BCUT2D eigenvalue weighted by Gasteiger charge is 2.39. The molecule has 1 aromatic rings. The molecule has 2 heterocycles. The van der Waals surface area contributed by atoms with E-state index in [-0.39, 0.29) is 12.6 Å². The Balaban J connectivity index is 2.02. The first-order chi connectivity index (χ1) is 9.48. The lowest BCUT2D eigenvalue weighted by Gasteiger charge is -2.34. The third-order valence-electron chi connectivity index (χ3n) is 3.07. The molecule has 0 aromatic carbocycles. The van der Waals surface area contributed by atoms with Gasteiger partial charge in [-0.3, -0.25) is 9.69 Å². The number of carbonyl (C=O) groups is 1. The molecule has 20 heavy (non-hydrogen) atoms. The molecule has 1 N–H and O–H groups in total. The average molecular weight is 308 g/mol. The first-order valence-corrected chi connectivity index (χ1v) is 7.06. The Morgan fingerprint density at radius 2 is 2.15 bits per heavy atom. The lowest BCUT2D eigenvalue weighted by atomic mass is 10.2. The van der Waals surface area contributed by atoms with Crippen LogP contribution >= 0.6 is 11.3 Å². The van der Waals surface area contributed by atoms with Gasteiger partial charge < -0.3 is 10.1 Å². The van der Waals surface area contributed by atoms with E-state index in [0.29, 0.717) is 26.3 Å². The lowest BCUT2D eigenvalue weighted by Crippen LogP contribution is -2.46. The molecule has 1 aliphatic rings. The zero-order valence-corrected chi connectivity index (χ0v) is 11.5. The third-order valence-corrected chi connectivity index (χ3v) is 4.05. The second kappa shape index (κ2) is 6.55. The van der Waals surface area contributed by atoms with E-state index in [0.717, 1.165) is 4.88 Å². The molecule has 112 valence electrons. The summed E-state index contributed by atoms with van der Waals surface area (Å²) in [6, 6.07) is 3.47. The molecule has 0 radical (unpaired) electrons. The third kappa shape index (κ3) is 3.94. The largest absolute Gasteiger partial charge is 0.471 e. The highest BCUT2D eigenvalue weighted by molar-refractivity contribution is 7.10. The lowest BCUT2D eigenvalue weighted by molar-refractivity contribution is -0.173. The molecule has 4 nitrogen and oxygen atoms in total. The van der Waals surface area contributed by atoms with Crippen LogP contribution < -0.4 is 5.32 Å². The summed E-state index contributed by atoms with van der Waals surface area (Å²) in [7, 11) is 0. The molecule has 1 amide bonds. The number of morpholine rings is 1. The van der Waals surface area contributed by atoms with Crippen LogP contribution in [0.25, 0.3) is 0 Å². The number of hydrogen-bond donors (Lipinski definition) is 1. The maximum atomic E-state index is 12.2. The normalized spacial score (nSPS) is 18.8. The standard InChI is InChI=1S/C12H15F3N2O2S/c13-12(14,15)11(18)16-8-9(10-2-1-7-20-10)17-3-5-19-6-4-17/h1-2,7,9H,3-6,8H2,(H,16,18). The monoisotopic (exact) mass is 308 g/mol. The van der Waals surface area contributed by atoms with Gasteiger partial charge in [0.15, 0.2) is 0 Å². The molecule has 2 rings (SSSR count). The van der Waals surface area contributed by atoms with Crippen LogP contribution in [-0.2, 0) is 9.53 Å². The van der Waals surface area contributed by atoms with Crippen molar-refractivity contribution in [2.24, 2.45) is 0 Å². The van der Waals surface area contributed by atoms with Crippen LogP contribution in [0.2, 0.25) is 0 Å². The number of nitrogens with one attached hydrogen (secondary N) is 1. The maximum absolute atomic E-state index is 12.2. The van der Waals surface area contributed by atoms with Gasteiger partial charge in [0.25, 0.3) is 0 Å². The van der Waals surface area contributed by atoms with Crippen molar-refractivity contribution < 1.29 is 22.7 Å². The summed E-state index contributed by atoms with van der Waals surface area (Å²) < 4.78 is 42.0. The first kappa shape index (κ1) is 15.3. The van der Waals surface area contributed by atoms with Gasteiger partial charge in [0.05, 0.1) is 19.3 Å². The molecule has 0 saturated carbocycles.